The number of amides is 1. The molecular weight excluding hydrogens is 342 g/mol. The van der Waals surface area contributed by atoms with Gasteiger partial charge in [-0.25, -0.2) is 9.67 Å². The molecule has 1 unspecified atom stereocenters. The predicted octanol–water partition coefficient (Wildman–Crippen LogP) is 3.39. The summed E-state index contributed by atoms with van der Waals surface area (Å²) in [7, 11) is 0. The van der Waals surface area contributed by atoms with Gasteiger partial charge >= 0.3 is 0 Å². The molecule has 27 heavy (non-hydrogen) atoms. The van der Waals surface area contributed by atoms with Gasteiger partial charge in [0.05, 0.1) is 12.6 Å². The Kier molecular flexibility index (Phi) is 5.38. The van der Waals surface area contributed by atoms with Gasteiger partial charge in [-0.3, -0.25) is 4.79 Å². The Morgan fingerprint density at radius 3 is 2.93 bits per heavy atom. The van der Waals surface area contributed by atoms with Crippen LogP contribution in [0.15, 0.2) is 24.5 Å². The number of rotatable bonds is 8. The minimum absolute atomic E-state index is 0.0180. The van der Waals surface area contributed by atoms with E-state index in [4.69, 9.17) is 4.74 Å². The molecule has 7 heteroatoms. The quantitative estimate of drug-likeness (QED) is 0.697. The van der Waals surface area contributed by atoms with Crippen LogP contribution in [0.25, 0.3) is 0 Å². The highest BCUT2D eigenvalue weighted by Gasteiger charge is 2.25. The maximum absolute atomic E-state index is 12.5. The van der Waals surface area contributed by atoms with Crippen molar-refractivity contribution in [2.45, 2.75) is 51.0 Å². The fraction of sp³-hybridized carbons (Fsp3) is 0.550. The van der Waals surface area contributed by atoms with E-state index in [0.29, 0.717) is 30.6 Å². The van der Waals surface area contributed by atoms with Crippen molar-refractivity contribution < 1.29 is 9.53 Å². The van der Waals surface area contributed by atoms with E-state index in [1.165, 1.54) is 18.4 Å². The van der Waals surface area contributed by atoms with E-state index in [1.807, 2.05) is 16.8 Å². The van der Waals surface area contributed by atoms with Gasteiger partial charge < -0.3 is 15.4 Å². The molecule has 144 valence electrons. The summed E-state index contributed by atoms with van der Waals surface area (Å²) >= 11 is 0. The van der Waals surface area contributed by atoms with E-state index in [0.717, 1.165) is 31.6 Å². The predicted molar refractivity (Wildman–Crippen MR) is 103 cm³/mol. The number of hydrogen-bond donors (Lipinski definition) is 2. The molecule has 1 amide bonds. The standard InChI is InChI=1S/C20H27N5O2/c1-2-3-7-21-19(26)16-9-15(14-4-5-14)10-17(11-16)23-20-22-13-25(24-20)18-6-8-27-12-18/h9-11,13-14,18H,2-8,12H2,1H3,(H,21,26)(H,23,24). The van der Waals surface area contributed by atoms with Crippen LogP contribution < -0.4 is 10.6 Å². The zero-order valence-electron chi connectivity index (χ0n) is 15.8. The molecule has 4 rings (SSSR count). The van der Waals surface area contributed by atoms with Crippen LogP contribution in [0, 0.1) is 0 Å². The summed E-state index contributed by atoms with van der Waals surface area (Å²) in [5.41, 5.74) is 2.77. The van der Waals surface area contributed by atoms with Crippen LogP contribution in [0.4, 0.5) is 11.6 Å². The number of nitrogens with zero attached hydrogens (tertiary/aromatic N) is 3. The molecule has 1 aliphatic carbocycles. The molecule has 2 fully saturated rings. The van der Waals surface area contributed by atoms with Crippen LogP contribution in [-0.2, 0) is 4.74 Å². The first-order chi connectivity index (χ1) is 13.2. The molecule has 1 atom stereocenters. The Morgan fingerprint density at radius 1 is 1.30 bits per heavy atom. The fourth-order valence-electron chi connectivity index (χ4n) is 3.36. The first-order valence-corrected chi connectivity index (χ1v) is 9.92. The second-order valence-corrected chi connectivity index (χ2v) is 7.42. The van der Waals surface area contributed by atoms with Gasteiger partial charge in [0.25, 0.3) is 5.91 Å². The summed E-state index contributed by atoms with van der Waals surface area (Å²) in [5, 5.41) is 10.8. The van der Waals surface area contributed by atoms with Crippen LogP contribution in [0.3, 0.4) is 0 Å². The highest BCUT2D eigenvalue weighted by Crippen LogP contribution is 2.41. The Hall–Kier alpha value is -2.41. The number of carbonyl (C=O) groups excluding carboxylic acids is 1. The lowest BCUT2D eigenvalue weighted by atomic mass is 10.0. The number of ether oxygens (including phenoxy) is 1. The molecule has 2 aliphatic rings. The highest BCUT2D eigenvalue weighted by atomic mass is 16.5. The smallest absolute Gasteiger partial charge is 0.251 e. The first-order valence-electron chi connectivity index (χ1n) is 9.92. The molecule has 2 aromatic rings. The lowest BCUT2D eigenvalue weighted by Gasteiger charge is -2.11. The van der Waals surface area contributed by atoms with Gasteiger partial charge in [-0.1, -0.05) is 13.3 Å². The van der Waals surface area contributed by atoms with Gasteiger partial charge in [-0.2, -0.15) is 0 Å². The number of hydrogen-bond acceptors (Lipinski definition) is 5. The van der Waals surface area contributed by atoms with E-state index >= 15 is 0 Å². The lowest BCUT2D eigenvalue weighted by Crippen LogP contribution is -2.24. The molecule has 0 spiro atoms. The number of nitrogens with one attached hydrogen (secondary N) is 2. The van der Waals surface area contributed by atoms with Gasteiger partial charge in [0, 0.05) is 24.4 Å². The highest BCUT2D eigenvalue weighted by molar-refractivity contribution is 5.95. The molecule has 1 saturated heterocycles. The van der Waals surface area contributed by atoms with Crippen LogP contribution in [0.2, 0.25) is 0 Å². The third kappa shape index (κ3) is 4.47. The molecule has 0 bridgehead atoms. The summed E-state index contributed by atoms with van der Waals surface area (Å²) in [5.74, 6) is 1.10. The lowest BCUT2D eigenvalue weighted by molar-refractivity contribution is 0.0953. The molecule has 2 heterocycles. The summed E-state index contributed by atoms with van der Waals surface area (Å²) in [6.45, 7) is 4.28. The van der Waals surface area contributed by atoms with Gasteiger partial charge in [0.15, 0.2) is 0 Å². The number of aromatic nitrogens is 3. The third-order valence-corrected chi connectivity index (χ3v) is 5.13. The SMILES string of the molecule is CCCCNC(=O)c1cc(Nc2ncn(C3CCOC3)n2)cc(C2CC2)c1. The Bertz CT molecular complexity index is 793. The number of carbonyl (C=O) groups is 1. The molecular formula is C20H27N5O2. The topological polar surface area (TPSA) is 81.1 Å². The Morgan fingerprint density at radius 2 is 2.19 bits per heavy atom. The summed E-state index contributed by atoms with van der Waals surface area (Å²) in [6, 6.07) is 6.27. The summed E-state index contributed by atoms with van der Waals surface area (Å²) in [6.07, 6.45) is 7.14. The fourth-order valence-corrected chi connectivity index (χ4v) is 3.36. The minimum Gasteiger partial charge on any atom is -0.379 e. The van der Waals surface area contributed by atoms with E-state index in [-0.39, 0.29) is 11.9 Å². The molecule has 0 radical (unpaired) electrons. The molecule has 1 aromatic heterocycles. The maximum Gasteiger partial charge on any atom is 0.251 e. The van der Waals surface area contributed by atoms with E-state index in [1.54, 1.807) is 6.33 Å². The molecule has 1 saturated carbocycles. The second kappa shape index (κ2) is 8.08. The van der Waals surface area contributed by atoms with Crippen molar-refractivity contribution in [1.82, 2.24) is 20.1 Å². The van der Waals surface area contributed by atoms with Crippen molar-refractivity contribution in [1.29, 1.82) is 0 Å². The van der Waals surface area contributed by atoms with Gasteiger partial charge in [0.1, 0.15) is 6.33 Å². The van der Waals surface area contributed by atoms with Crippen molar-refractivity contribution in [3.05, 3.63) is 35.7 Å². The van der Waals surface area contributed by atoms with E-state index in [9.17, 15) is 4.79 Å². The third-order valence-electron chi connectivity index (χ3n) is 5.13. The average molecular weight is 369 g/mol. The normalized spacial score (nSPS) is 19.2. The van der Waals surface area contributed by atoms with Crippen LogP contribution in [0.1, 0.15) is 66.9 Å². The maximum atomic E-state index is 12.5. The van der Waals surface area contributed by atoms with Crippen molar-refractivity contribution in [3.8, 4) is 0 Å². The number of anilines is 2. The van der Waals surface area contributed by atoms with E-state index in [2.05, 4.69) is 33.7 Å². The number of benzene rings is 1. The van der Waals surface area contributed by atoms with Gasteiger partial charge in [0.2, 0.25) is 5.95 Å². The zero-order valence-corrected chi connectivity index (χ0v) is 15.8. The Labute approximate surface area is 159 Å². The van der Waals surface area contributed by atoms with Crippen LogP contribution in [-0.4, -0.2) is 40.4 Å². The zero-order chi connectivity index (χ0) is 18.6. The van der Waals surface area contributed by atoms with Crippen molar-refractivity contribution in [2.24, 2.45) is 0 Å². The molecule has 7 nitrogen and oxygen atoms in total. The van der Waals surface area contributed by atoms with Crippen molar-refractivity contribution >= 4 is 17.5 Å². The van der Waals surface area contributed by atoms with Crippen molar-refractivity contribution in [3.63, 3.8) is 0 Å². The van der Waals surface area contributed by atoms with Crippen LogP contribution in [0.5, 0.6) is 0 Å². The largest absolute Gasteiger partial charge is 0.379 e. The molecule has 1 aliphatic heterocycles. The number of unbranched alkanes of at least 4 members (excludes halogenated alkanes) is 1. The summed E-state index contributed by atoms with van der Waals surface area (Å²) < 4.78 is 7.28. The van der Waals surface area contributed by atoms with Crippen molar-refractivity contribution in [2.75, 3.05) is 25.1 Å². The second-order valence-electron chi connectivity index (χ2n) is 7.42. The Balaban J connectivity index is 1.50. The van der Waals surface area contributed by atoms with Gasteiger partial charge in [-0.05, 0) is 55.4 Å². The average Bonchev–Trinajstić information content (AvgIpc) is 3.18. The first kappa shape index (κ1) is 18.0. The van der Waals surface area contributed by atoms with Gasteiger partial charge in [-0.15, -0.1) is 5.10 Å². The molecule has 1 aromatic carbocycles. The summed E-state index contributed by atoms with van der Waals surface area (Å²) in [4.78, 5) is 16.9. The minimum atomic E-state index is -0.0180. The molecule has 2 N–H and O–H groups in total. The monoisotopic (exact) mass is 369 g/mol. The van der Waals surface area contributed by atoms with E-state index < -0.39 is 0 Å². The van der Waals surface area contributed by atoms with Crippen LogP contribution >= 0.6 is 0 Å².